The first-order valence-corrected chi connectivity index (χ1v) is 5.05. The minimum Gasteiger partial charge on any atom is -0.454 e. The third kappa shape index (κ3) is 2.28. The number of hydrogen-bond acceptors (Lipinski definition) is 4. The Morgan fingerprint density at radius 3 is 2.88 bits per heavy atom. The lowest BCUT2D eigenvalue weighted by atomic mass is 10.1. The van der Waals surface area contributed by atoms with Crippen molar-refractivity contribution in [3.63, 3.8) is 0 Å². The van der Waals surface area contributed by atoms with Gasteiger partial charge >= 0.3 is 0 Å². The van der Waals surface area contributed by atoms with Crippen LogP contribution in [0.5, 0.6) is 11.5 Å². The van der Waals surface area contributed by atoms with E-state index in [-0.39, 0.29) is 18.9 Å². The number of ether oxygens (including phenoxy) is 2. The normalized spacial score (nSPS) is 12.0. The average molecular weight is 233 g/mol. The van der Waals surface area contributed by atoms with E-state index in [1.54, 1.807) is 6.07 Å². The second-order valence-electron chi connectivity index (χ2n) is 3.40. The van der Waals surface area contributed by atoms with Gasteiger partial charge in [0.1, 0.15) is 0 Å². The molecule has 88 valence electrons. The van der Waals surface area contributed by atoms with Crippen molar-refractivity contribution >= 4 is 11.7 Å². The molecule has 5 heteroatoms. The summed E-state index contributed by atoms with van der Waals surface area (Å²) in [5.74, 6) is -0.214. The zero-order valence-corrected chi connectivity index (χ0v) is 9.06. The number of ketones is 1. The second kappa shape index (κ2) is 4.69. The second-order valence-corrected chi connectivity index (χ2v) is 3.40. The summed E-state index contributed by atoms with van der Waals surface area (Å²) >= 11 is 0. The maximum absolute atomic E-state index is 11.7. The summed E-state index contributed by atoms with van der Waals surface area (Å²) in [7, 11) is 0. The first-order chi connectivity index (χ1) is 8.22. The smallest absolute Gasteiger partial charge is 0.292 e. The number of amides is 1. The van der Waals surface area contributed by atoms with Gasteiger partial charge < -0.3 is 14.8 Å². The van der Waals surface area contributed by atoms with Crippen LogP contribution in [0.3, 0.4) is 0 Å². The van der Waals surface area contributed by atoms with Gasteiger partial charge in [-0.3, -0.25) is 9.59 Å². The zero-order valence-electron chi connectivity index (χ0n) is 9.06. The van der Waals surface area contributed by atoms with Crippen molar-refractivity contribution in [1.82, 2.24) is 5.32 Å². The summed E-state index contributed by atoms with van der Waals surface area (Å²) in [5, 5.41) is 2.42. The molecule has 1 aliphatic rings. The van der Waals surface area contributed by atoms with Crippen LogP contribution in [-0.4, -0.2) is 25.0 Å². The van der Waals surface area contributed by atoms with E-state index >= 15 is 0 Å². The molecule has 0 saturated heterocycles. The maximum Gasteiger partial charge on any atom is 0.292 e. The Hall–Kier alpha value is -2.30. The summed E-state index contributed by atoms with van der Waals surface area (Å²) in [4.78, 5) is 23.1. The summed E-state index contributed by atoms with van der Waals surface area (Å²) in [6.07, 6.45) is 1.50. The molecule has 0 atom stereocenters. The van der Waals surface area contributed by atoms with E-state index in [2.05, 4.69) is 11.9 Å². The summed E-state index contributed by atoms with van der Waals surface area (Å²) in [5.41, 5.74) is 0.274. The van der Waals surface area contributed by atoms with Gasteiger partial charge in [-0.15, -0.1) is 6.58 Å². The van der Waals surface area contributed by atoms with E-state index in [1.165, 1.54) is 18.2 Å². The van der Waals surface area contributed by atoms with Crippen LogP contribution in [0.2, 0.25) is 0 Å². The lowest BCUT2D eigenvalue weighted by Crippen LogP contribution is -2.30. The minimum atomic E-state index is -0.663. The van der Waals surface area contributed by atoms with Gasteiger partial charge in [-0.05, 0) is 18.2 Å². The molecule has 1 aliphatic heterocycles. The first kappa shape index (κ1) is 11.2. The van der Waals surface area contributed by atoms with E-state index in [1.807, 2.05) is 0 Å². The molecule has 0 bridgehead atoms. The molecule has 0 aromatic heterocycles. The Labute approximate surface area is 98.0 Å². The zero-order chi connectivity index (χ0) is 12.3. The lowest BCUT2D eigenvalue weighted by Gasteiger charge is -2.02. The number of fused-ring (bicyclic) bond motifs is 1. The van der Waals surface area contributed by atoms with Crippen LogP contribution >= 0.6 is 0 Å². The highest BCUT2D eigenvalue weighted by molar-refractivity contribution is 6.42. The molecule has 0 unspecified atom stereocenters. The first-order valence-electron chi connectivity index (χ1n) is 5.05. The number of rotatable bonds is 4. The summed E-state index contributed by atoms with van der Waals surface area (Å²) in [6.45, 7) is 3.84. The molecule has 1 amide bonds. The van der Waals surface area contributed by atoms with Crippen LogP contribution in [0.4, 0.5) is 0 Å². The fourth-order valence-corrected chi connectivity index (χ4v) is 1.41. The third-order valence-electron chi connectivity index (χ3n) is 2.25. The topological polar surface area (TPSA) is 64.6 Å². The standard InChI is InChI=1S/C12H11NO4/c1-2-5-13-12(15)11(14)8-3-4-9-10(6-8)17-7-16-9/h2-4,6H,1,5,7H2,(H,13,15). The third-order valence-corrected chi connectivity index (χ3v) is 2.25. The molecule has 1 heterocycles. The number of hydrogen-bond donors (Lipinski definition) is 1. The van der Waals surface area contributed by atoms with Crippen molar-refractivity contribution in [2.24, 2.45) is 0 Å². The predicted molar refractivity (Wildman–Crippen MR) is 60.1 cm³/mol. The lowest BCUT2D eigenvalue weighted by molar-refractivity contribution is -0.116. The van der Waals surface area contributed by atoms with Crippen LogP contribution in [0, 0.1) is 0 Å². The Bertz CT molecular complexity index is 481. The fourth-order valence-electron chi connectivity index (χ4n) is 1.41. The van der Waals surface area contributed by atoms with E-state index in [0.717, 1.165) is 0 Å². The van der Waals surface area contributed by atoms with Crippen LogP contribution in [0.15, 0.2) is 30.9 Å². The van der Waals surface area contributed by atoms with Gasteiger partial charge in [-0.25, -0.2) is 0 Å². The van der Waals surface area contributed by atoms with E-state index in [9.17, 15) is 9.59 Å². The van der Waals surface area contributed by atoms with Crippen molar-refractivity contribution < 1.29 is 19.1 Å². The monoisotopic (exact) mass is 233 g/mol. The van der Waals surface area contributed by atoms with Crippen LogP contribution in [0.25, 0.3) is 0 Å². The van der Waals surface area contributed by atoms with Gasteiger partial charge in [-0.2, -0.15) is 0 Å². The Morgan fingerprint density at radius 1 is 1.35 bits per heavy atom. The molecule has 5 nitrogen and oxygen atoms in total. The summed E-state index contributed by atoms with van der Waals surface area (Å²) < 4.78 is 10.2. The van der Waals surface area contributed by atoms with Gasteiger partial charge in [0.15, 0.2) is 11.5 Å². The van der Waals surface area contributed by atoms with E-state index in [4.69, 9.17) is 9.47 Å². The molecule has 0 fully saturated rings. The van der Waals surface area contributed by atoms with Crippen LogP contribution in [0.1, 0.15) is 10.4 Å². The Balaban J connectivity index is 2.14. The maximum atomic E-state index is 11.7. The predicted octanol–water partition coefficient (Wildman–Crippen LogP) is 0.900. The molecule has 2 rings (SSSR count). The molecule has 1 N–H and O–H groups in total. The van der Waals surface area contributed by atoms with Crippen LogP contribution in [-0.2, 0) is 4.79 Å². The summed E-state index contributed by atoms with van der Waals surface area (Å²) in [6, 6.07) is 4.64. The number of carbonyl (C=O) groups excluding carboxylic acids is 2. The van der Waals surface area contributed by atoms with Gasteiger partial charge in [0.25, 0.3) is 5.91 Å². The largest absolute Gasteiger partial charge is 0.454 e. The van der Waals surface area contributed by atoms with Gasteiger partial charge in [0, 0.05) is 12.1 Å². The highest BCUT2D eigenvalue weighted by Crippen LogP contribution is 2.32. The quantitative estimate of drug-likeness (QED) is 0.476. The van der Waals surface area contributed by atoms with E-state index in [0.29, 0.717) is 11.5 Å². The molecular weight excluding hydrogens is 222 g/mol. The number of carbonyl (C=O) groups is 2. The average Bonchev–Trinajstić information content (AvgIpc) is 2.81. The Kier molecular flexibility index (Phi) is 3.09. The Morgan fingerprint density at radius 2 is 2.12 bits per heavy atom. The van der Waals surface area contributed by atoms with Gasteiger partial charge in [0.2, 0.25) is 12.6 Å². The molecule has 1 aromatic carbocycles. The number of Topliss-reactive ketones (excluding diaryl/α,β-unsaturated/α-hetero) is 1. The molecular formula is C12H11NO4. The highest BCUT2D eigenvalue weighted by atomic mass is 16.7. The molecule has 0 radical (unpaired) electrons. The molecule has 0 spiro atoms. The fraction of sp³-hybridized carbons (Fsp3) is 0.167. The van der Waals surface area contributed by atoms with Gasteiger partial charge in [0.05, 0.1) is 0 Å². The highest BCUT2D eigenvalue weighted by Gasteiger charge is 2.20. The molecule has 0 aliphatic carbocycles. The molecule has 0 saturated carbocycles. The van der Waals surface area contributed by atoms with Gasteiger partial charge in [-0.1, -0.05) is 6.08 Å². The minimum absolute atomic E-state index is 0.135. The molecule has 17 heavy (non-hydrogen) atoms. The number of nitrogens with one attached hydrogen (secondary N) is 1. The van der Waals surface area contributed by atoms with E-state index < -0.39 is 11.7 Å². The van der Waals surface area contributed by atoms with Crippen molar-refractivity contribution in [3.05, 3.63) is 36.4 Å². The number of benzene rings is 1. The van der Waals surface area contributed by atoms with Crippen LogP contribution < -0.4 is 14.8 Å². The molecule has 1 aromatic rings. The van der Waals surface area contributed by atoms with Crippen molar-refractivity contribution in [2.75, 3.05) is 13.3 Å². The van der Waals surface area contributed by atoms with Crippen molar-refractivity contribution in [1.29, 1.82) is 0 Å². The van der Waals surface area contributed by atoms with Crippen molar-refractivity contribution in [2.45, 2.75) is 0 Å². The van der Waals surface area contributed by atoms with Crippen molar-refractivity contribution in [3.8, 4) is 11.5 Å². The SMILES string of the molecule is C=CCNC(=O)C(=O)c1ccc2c(c1)OCO2.